The molecule has 0 saturated heterocycles. The molecule has 34 heavy (non-hydrogen) atoms. The zero-order chi connectivity index (χ0) is 23.6. The molecule has 1 aliphatic rings. The van der Waals surface area contributed by atoms with Gasteiger partial charge in [-0.3, -0.25) is 14.0 Å². The van der Waals surface area contributed by atoms with Crippen LogP contribution in [-0.2, 0) is 0 Å². The Labute approximate surface area is 193 Å². The van der Waals surface area contributed by atoms with Crippen LogP contribution in [-0.4, -0.2) is 30.0 Å². The number of rotatable bonds is 3. The van der Waals surface area contributed by atoms with E-state index in [4.69, 9.17) is 10.8 Å². The summed E-state index contributed by atoms with van der Waals surface area (Å²) in [5.41, 5.74) is 6.90. The third-order valence-corrected chi connectivity index (χ3v) is 6.65. The summed E-state index contributed by atoms with van der Waals surface area (Å²) in [5, 5.41) is 16.0. The van der Waals surface area contributed by atoms with Gasteiger partial charge in [0.2, 0.25) is 0 Å². The molecule has 0 unspecified atom stereocenters. The van der Waals surface area contributed by atoms with Crippen LogP contribution < -0.4 is 11.3 Å². The SMILES string of the molecule is CC1(O)CC(n2nc(-c3ccc4ccn(-c5ccccc5)c(=O)c4c3F)c3c(N)nccc32)C1. The highest BCUT2D eigenvalue weighted by Crippen LogP contribution is 2.44. The fourth-order valence-electron chi connectivity index (χ4n) is 4.97. The maximum absolute atomic E-state index is 16.0. The quantitative estimate of drug-likeness (QED) is 0.425. The molecule has 1 saturated carbocycles. The van der Waals surface area contributed by atoms with E-state index in [1.165, 1.54) is 4.57 Å². The number of nitrogen functional groups attached to an aromatic ring is 1. The molecule has 0 atom stereocenters. The van der Waals surface area contributed by atoms with E-state index >= 15 is 4.39 Å². The van der Waals surface area contributed by atoms with Gasteiger partial charge in [0.25, 0.3) is 5.56 Å². The van der Waals surface area contributed by atoms with Crippen molar-refractivity contribution in [3.63, 3.8) is 0 Å². The first kappa shape index (κ1) is 20.6. The molecule has 0 aliphatic heterocycles. The lowest BCUT2D eigenvalue weighted by Gasteiger charge is -2.41. The van der Waals surface area contributed by atoms with Crippen molar-refractivity contribution in [1.82, 2.24) is 19.3 Å². The van der Waals surface area contributed by atoms with Gasteiger partial charge in [0.15, 0.2) is 0 Å². The number of aromatic nitrogens is 4. The highest BCUT2D eigenvalue weighted by Gasteiger charge is 2.41. The average molecular weight is 455 g/mol. The number of benzene rings is 2. The second-order valence-electron chi connectivity index (χ2n) is 9.16. The Balaban J connectivity index is 1.59. The minimum Gasteiger partial charge on any atom is -0.390 e. The van der Waals surface area contributed by atoms with Crippen LogP contribution in [0.15, 0.2) is 71.8 Å². The van der Waals surface area contributed by atoms with Gasteiger partial charge in [-0.2, -0.15) is 5.10 Å². The van der Waals surface area contributed by atoms with E-state index in [0.717, 1.165) is 5.52 Å². The van der Waals surface area contributed by atoms with Gasteiger partial charge >= 0.3 is 0 Å². The van der Waals surface area contributed by atoms with Crippen molar-refractivity contribution >= 4 is 27.5 Å². The molecular formula is C26H22FN5O2. The van der Waals surface area contributed by atoms with E-state index in [2.05, 4.69) is 4.98 Å². The third-order valence-electron chi connectivity index (χ3n) is 6.65. The van der Waals surface area contributed by atoms with Gasteiger partial charge in [0.1, 0.15) is 17.3 Å². The number of fused-ring (bicyclic) bond motifs is 2. The number of nitrogens with zero attached hydrogens (tertiary/aromatic N) is 4. The van der Waals surface area contributed by atoms with Crippen LogP contribution in [0.25, 0.3) is 38.6 Å². The molecule has 5 aromatic rings. The van der Waals surface area contributed by atoms with Crippen molar-refractivity contribution in [3.8, 4) is 16.9 Å². The zero-order valence-corrected chi connectivity index (χ0v) is 18.4. The number of anilines is 1. The lowest BCUT2D eigenvalue weighted by atomic mass is 9.77. The lowest BCUT2D eigenvalue weighted by molar-refractivity contribution is -0.0529. The summed E-state index contributed by atoms with van der Waals surface area (Å²) in [6, 6.07) is 15.9. The third kappa shape index (κ3) is 3.03. The number of pyridine rings is 2. The standard InChI is InChI=1S/C26H22FN5O2/c1-26(34)13-17(14-26)32-19-9-11-29-24(28)21(19)23(30-32)18-8-7-15-10-12-31(16-5-3-2-4-6-16)25(33)20(15)22(18)27/h2-12,17,34H,13-14H2,1H3,(H2,28,29). The van der Waals surface area contributed by atoms with E-state index < -0.39 is 17.0 Å². The molecule has 8 heteroatoms. The summed E-state index contributed by atoms with van der Waals surface area (Å²) >= 11 is 0. The summed E-state index contributed by atoms with van der Waals surface area (Å²) in [7, 11) is 0. The molecule has 2 aromatic carbocycles. The van der Waals surface area contributed by atoms with Crippen molar-refractivity contribution in [3.05, 3.63) is 83.2 Å². The fourth-order valence-corrected chi connectivity index (χ4v) is 4.97. The maximum Gasteiger partial charge on any atom is 0.265 e. The second-order valence-corrected chi connectivity index (χ2v) is 9.16. The summed E-state index contributed by atoms with van der Waals surface area (Å²) in [6.45, 7) is 1.78. The predicted octanol–water partition coefficient (Wildman–Crippen LogP) is 4.21. The van der Waals surface area contributed by atoms with Crippen molar-refractivity contribution in [1.29, 1.82) is 0 Å². The van der Waals surface area contributed by atoms with Crippen molar-refractivity contribution in [2.75, 3.05) is 5.73 Å². The molecule has 0 bridgehead atoms. The van der Waals surface area contributed by atoms with Crippen LogP contribution in [0.1, 0.15) is 25.8 Å². The van der Waals surface area contributed by atoms with Crippen LogP contribution in [0.2, 0.25) is 0 Å². The number of halogens is 1. The summed E-state index contributed by atoms with van der Waals surface area (Å²) in [6.07, 6.45) is 4.31. The number of nitrogens with two attached hydrogens (primary N) is 1. The first-order valence-electron chi connectivity index (χ1n) is 11.1. The molecule has 3 N–H and O–H groups in total. The number of hydrogen-bond acceptors (Lipinski definition) is 5. The molecule has 1 aliphatic carbocycles. The molecule has 0 amide bonds. The van der Waals surface area contributed by atoms with Gasteiger partial charge in [0.05, 0.1) is 27.9 Å². The monoisotopic (exact) mass is 455 g/mol. The van der Waals surface area contributed by atoms with Gasteiger partial charge in [-0.05, 0) is 55.5 Å². The van der Waals surface area contributed by atoms with Gasteiger partial charge < -0.3 is 10.8 Å². The highest BCUT2D eigenvalue weighted by molar-refractivity contribution is 6.02. The van der Waals surface area contributed by atoms with Gasteiger partial charge in [-0.25, -0.2) is 9.37 Å². The normalized spacial score (nSPS) is 20.0. The molecule has 3 aromatic heterocycles. The molecule has 7 nitrogen and oxygen atoms in total. The Morgan fingerprint density at radius 2 is 1.85 bits per heavy atom. The van der Waals surface area contributed by atoms with Crippen molar-refractivity contribution in [2.45, 2.75) is 31.4 Å². The second kappa shape index (κ2) is 7.23. The Morgan fingerprint density at radius 1 is 1.09 bits per heavy atom. The van der Waals surface area contributed by atoms with Gasteiger partial charge in [-0.15, -0.1) is 0 Å². The van der Waals surface area contributed by atoms with Crippen molar-refractivity contribution in [2.24, 2.45) is 0 Å². The first-order chi connectivity index (χ1) is 16.3. The van der Waals surface area contributed by atoms with Crippen LogP contribution in [0.3, 0.4) is 0 Å². The summed E-state index contributed by atoms with van der Waals surface area (Å²) in [4.78, 5) is 17.5. The molecule has 3 heterocycles. The van der Waals surface area contributed by atoms with Crippen LogP contribution in [0.5, 0.6) is 0 Å². The van der Waals surface area contributed by atoms with E-state index in [1.54, 1.807) is 60.4 Å². The largest absolute Gasteiger partial charge is 0.390 e. The Morgan fingerprint density at radius 3 is 2.59 bits per heavy atom. The molecule has 170 valence electrons. The Hall–Kier alpha value is -4.04. The van der Waals surface area contributed by atoms with Crippen LogP contribution in [0, 0.1) is 5.82 Å². The maximum atomic E-state index is 16.0. The predicted molar refractivity (Wildman–Crippen MR) is 129 cm³/mol. The number of para-hydroxylation sites is 1. The van der Waals surface area contributed by atoms with Gasteiger partial charge in [-0.1, -0.05) is 24.3 Å². The average Bonchev–Trinajstić information content (AvgIpc) is 3.19. The van der Waals surface area contributed by atoms with E-state index in [1.807, 2.05) is 18.2 Å². The minimum absolute atomic E-state index is 0.0133. The van der Waals surface area contributed by atoms with Crippen LogP contribution in [0.4, 0.5) is 10.2 Å². The zero-order valence-electron chi connectivity index (χ0n) is 18.4. The summed E-state index contributed by atoms with van der Waals surface area (Å²) in [5.74, 6) is -0.415. The molecule has 1 fully saturated rings. The molecular weight excluding hydrogens is 433 g/mol. The number of hydrogen-bond donors (Lipinski definition) is 2. The van der Waals surface area contributed by atoms with E-state index in [-0.39, 0.29) is 22.8 Å². The van der Waals surface area contributed by atoms with Crippen molar-refractivity contribution < 1.29 is 9.50 Å². The van der Waals surface area contributed by atoms with E-state index in [9.17, 15) is 9.90 Å². The first-order valence-corrected chi connectivity index (χ1v) is 11.1. The lowest BCUT2D eigenvalue weighted by Crippen LogP contribution is -2.42. The summed E-state index contributed by atoms with van der Waals surface area (Å²) < 4.78 is 19.3. The fraction of sp³-hybridized carbons (Fsp3) is 0.192. The topological polar surface area (TPSA) is 99.0 Å². The highest BCUT2D eigenvalue weighted by atomic mass is 19.1. The van der Waals surface area contributed by atoms with Gasteiger partial charge in [0, 0.05) is 23.6 Å². The number of aliphatic hydroxyl groups is 1. The minimum atomic E-state index is -0.752. The Kier molecular flexibility index (Phi) is 4.37. The smallest absolute Gasteiger partial charge is 0.265 e. The Bertz CT molecular complexity index is 1630. The molecule has 0 radical (unpaired) electrons. The van der Waals surface area contributed by atoms with Crippen LogP contribution >= 0.6 is 0 Å². The molecule has 6 rings (SSSR count). The molecule has 0 spiro atoms. The van der Waals surface area contributed by atoms with E-state index in [0.29, 0.717) is 35.0 Å².